The fourth-order valence-electron chi connectivity index (χ4n) is 3.15. The van der Waals surface area contributed by atoms with Gasteiger partial charge in [-0.2, -0.15) is 0 Å². The van der Waals surface area contributed by atoms with Gasteiger partial charge in [-0.15, -0.1) is 0 Å². The summed E-state index contributed by atoms with van der Waals surface area (Å²) >= 11 is 0. The molecule has 1 N–H and O–H groups in total. The number of benzene rings is 2. The number of para-hydroxylation sites is 1. The second-order valence-corrected chi connectivity index (χ2v) is 7.15. The van der Waals surface area contributed by atoms with Crippen LogP contribution in [0.25, 0.3) is 10.9 Å². The van der Waals surface area contributed by atoms with Gasteiger partial charge in [0.1, 0.15) is 5.75 Å². The fourth-order valence-corrected chi connectivity index (χ4v) is 3.15. The minimum absolute atomic E-state index is 0.399. The van der Waals surface area contributed by atoms with Crippen LogP contribution in [0.15, 0.2) is 54.6 Å². The van der Waals surface area contributed by atoms with Crippen molar-refractivity contribution in [2.45, 2.75) is 31.8 Å². The van der Waals surface area contributed by atoms with Crippen LogP contribution in [0, 0.1) is 0 Å². The van der Waals surface area contributed by atoms with E-state index in [0.717, 1.165) is 29.4 Å². The lowest BCUT2D eigenvalue weighted by atomic mass is 10.1. The number of hydrogen-bond acceptors (Lipinski definition) is 5. The largest absolute Gasteiger partial charge is 0.497 e. The van der Waals surface area contributed by atoms with E-state index in [1.165, 1.54) is 0 Å². The first-order valence-electron chi connectivity index (χ1n) is 9.60. The van der Waals surface area contributed by atoms with Crippen LogP contribution in [0.4, 0.5) is 5.69 Å². The molecule has 6 nitrogen and oxygen atoms in total. The molecule has 0 radical (unpaired) electrons. The summed E-state index contributed by atoms with van der Waals surface area (Å²) in [5.41, 5.74) is 2.72. The molecule has 0 bridgehead atoms. The van der Waals surface area contributed by atoms with Crippen LogP contribution in [0.3, 0.4) is 0 Å². The molecule has 0 saturated heterocycles. The Morgan fingerprint density at radius 1 is 1.10 bits per heavy atom. The summed E-state index contributed by atoms with van der Waals surface area (Å²) in [5, 5.41) is 3.47. The number of fused-ring (bicyclic) bond motifs is 1. The van der Waals surface area contributed by atoms with Crippen molar-refractivity contribution in [2.75, 3.05) is 12.4 Å². The van der Waals surface area contributed by atoms with E-state index in [2.05, 4.69) is 10.3 Å². The standard InChI is InChI=1S/C23H22N2O4/c1-14(22(26)24-16-9-11-17(28-2)12-10-16)29-23(27)19-13-21(15-7-8-15)25-20-6-4-3-5-18(19)20/h3-6,9-15H,7-8H2,1-2H3,(H,24,26)/t14-/m1/s1. The number of amides is 1. The van der Waals surface area contributed by atoms with Gasteiger partial charge in [-0.05, 0) is 56.2 Å². The summed E-state index contributed by atoms with van der Waals surface area (Å²) in [6.07, 6.45) is 1.22. The Morgan fingerprint density at radius 2 is 1.83 bits per heavy atom. The number of nitrogens with one attached hydrogen (secondary N) is 1. The summed E-state index contributed by atoms with van der Waals surface area (Å²) in [4.78, 5) is 30.0. The number of anilines is 1. The molecule has 1 atom stereocenters. The average molecular weight is 390 g/mol. The molecular formula is C23H22N2O4. The third-order valence-electron chi connectivity index (χ3n) is 4.96. The number of ether oxygens (including phenoxy) is 2. The zero-order valence-corrected chi connectivity index (χ0v) is 16.3. The van der Waals surface area contributed by atoms with Gasteiger partial charge in [0.15, 0.2) is 6.10 Å². The van der Waals surface area contributed by atoms with E-state index in [0.29, 0.717) is 22.9 Å². The number of rotatable bonds is 6. The molecule has 1 fully saturated rings. The van der Waals surface area contributed by atoms with Gasteiger partial charge < -0.3 is 14.8 Å². The van der Waals surface area contributed by atoms with Crippen LogP contribution >= 0.6 is 0 Å². The van der Waals surface area contributed by atoms with E-state index >= 15 is 0 Å². The molecule has 0 aliphatic heterocycles. The van der Waals surface area contributed by atoms with E-state index in [1.54, 1.807) is 44.4 Å². The SMILES string of the molecule is COc1ccc(NC(=O)[C@@H](C)OC(=O)c2cc(C3CC3)nc3ccccc23)cc1. The number of carbonyl (C=O) groups is 2. The van der Waals surface area contributed by atoms with Crippen LogP contribution in [0.2, 0.25) is 0 Å². The molecule has 148 valence electrons. The highest BCUT2D eigenvalue weighted by molar-refractivity contribution is 6.05. The maximum atomic E-state index is 12.9. The highest BCUT2D eigenvalue weighted by Crippen LogP contribution is 2.40. The minimum Gasteiger partial charge on any atom is -0.497 e. The summed E-state index contributed by atoms with van der Waals surface area (Å²) in [6, 6.07) is 16.2. The number of esters is 1. The van der Waals surface area contributed by atoms with Crippen molar-refractivity contribution in [3.8, 4) is 5.75 Å². The summed E-state index contributed by atoms with van der Waals surface area (Å²) in [5.74, 6) is 0.174. The van der Waals surface area contributed by atoms with Crippen molar-refractivity contribution in [1.29, 1.82) is 0 Å². The molecule has 29 heavy (non-hydrogen) atoms. The molecular weight excluding hydrogens is 368 g/mol. The lowest BCUT2D eigenvalue weighted by Crippen LogP contribution is -2.30. The van der Waals surface area contributed by atoms with Gasteiger partial charge in [0.25, 0.3) is 5.91 Å². The van der Waals surface area contributed by atoms with E-state index < -0.39 is 18.0 Å². The lowest BCUT2D eigenvalue weighted by Gasteiger charge is -2.15. The van der Waals surface area contributed by atoms with Gasteiger partial charge in [0, 0.05) is 22.7 Å². The predicted octanol–water partition coefficient (Wildman–Crippen LogP) is 4.30. The molecule has 1 aromatic heterocycles. The molecule has 1 heterocycles. The Labute approximate surface area is 168 Å². The van der Waals surface area contributed by atoms with Crippen molar-refractivity contribution in [1.82, 2.24) is 4.98 Å². The van der Waals surface area contributed by atoms with Crippen LogP contribution < -0.4 is 10.1 Å². The van der Waals surface area contributed by atoms with Crippen molar-refractivity contribution >= 4 is 28.5 Å². The second-order valence-electron chi connectivity index (χ2n) is 7.15. The van der Waals surface area contributed by atoms with Crippen LogP contribution in [-0.4, -0.2) is 30.1 Å². The number of methoxy groups -OCH3 is 1. The molecule has 4 rings (SSSR count). The Bertz CT molecular complexity index is 1060. The van der Waals surface area contributed by atoms with Crippen molar-refractivity contribution in [2.24, 2.45) is 0 Å². The quantitative estimate of drug-likeness (QED) is 0.635. The Balaban J connectivity index is 1.50. The highest BCUT2D eigenvalue weighted by atomic mass is 16.5. The Hall–Kier alpha value is -3.41. The molecule has 1 saturated carbocycles. The second kappa shape index (κ2) is 7.91. The van der Waals surface area contributed by atoms with Crippen LogP contribution in [0.1, 0.15) is 41.7 Å². The summed E-state index contributed by atoms with van der Waals surface area (Å²) in [7, 11) is 1.58. The van der Waals surface area contributed by atoms with Crippen molar-refractivity contribution < 1.29 is 19.1 Å². The number of nitrogens with zero attached hydrogens (tertiary/aromatic N) is 1. The normalized spacial score (nSPS) is 14.3. The zero-order chi connectivity index (χ0) is 20.4. The van der Waals surface area contributed by atoms with Gasteiger partial charge in [-0.3, -0.25) is 9.78 Å². The number of aromatic nitrogens is 1. The molecule has 2 aromatic carbocycles. The molecule has 1 aliphatic rings. The van der Waals surface area contributed by atoms with E-state index in [-0.39, 0.29) is 0 Å². The fraction of sp³-hybridized carbons (Fsp3) is 0.261. The smallest absolute Gasteiger partial charge is 0.339 e. The number of hydrogen-bond donors (Lipinski definition) is 1. The maximum Gasteiger partial charge on any atom is 0.339 e. The lowest BCUT2D eigenvalue weighted by molar-refractivity contribution is -0.123. The summed E-state index contributed by atoms with van der Waals surface area (Å²) < 4.78 is 10.6. The van der Waals surface area contributed by atoms with Crippen LogP contribution in [0.5, 0.6) is 5.75 Å². The maximum absolute atomic E-state index is 12.9. The van der Waals surface area contributed by atoms with E-state index in [9.17, 15) is 9.59 Å². The van der Waals surface area contributed by atoms with Crippen molar-refractivity contribution in [3.63, 3.8) is 0 Å². The molecule has 3 aromatic rings. The first-order chi connectivity index (χ1) is 14.0. The van der Waals surface area contributed by atoms with Gasteiger partial charge in [0.05, 0.1) is 18.2 Å². The predicted molar refractivity (Wildman–Crippen MR) is 110 cm³/mol. The van der Waals surface area contributed by atoms with Gasteiger partial charge in [0.2, 0.25) is 0 Å². The molecule has 0 spiro atoms. The van der Waals surface area contributed by atoms with Gasteiger partial charge in [-0.25, -0.2) is 4.79 Å². The minimum atomic E-state index is -0.944. The average Bonchev–Trinajstić information content (AvgIpc) is 3.58. The van der Waals surface area contributed by atoms with Gasteiger partial charge >= 0.3 is 5.97 Å². The first-order valence-corrected chi connectivity index (χ1v) is 9.60. The molecule has 0 unspecified atom stereocenters. The topological polar surface area (TPSA) is 77.5 Å². The van der Waals surface area contributed by atoms with E-state index in [4.69, 9.17) is 9.47 Å². The first kappa shape index (κ1) is 18.9. The zero-order valence-electron chi connectivity index (χ0n) is 16.3. The molecule has 1 aliphatic carbocycles. The third kappa shape index (κ3) is 4.21. The summed E-state index contributed by atoms with van der Waals surface area (Å²) in [6.45, 7) is 1.56. The number of pyridine rings is 1. The van der Waals surface area contributed by atoms with Crippen LogP contribution in [-0.2, 0) is 9.53 Å². The Kier molecular flexibility index (Phi) is 5.16. The monoisotopic (exact) mass is 390 g/mol. The van der Waals surface area contributed by atoms with E-state index in [1.807, 2.05) is 24.3 Å². The molecule has 6 heteroatoms. The van der Waals surface area contributed by atoms with Gasteiger partial charge in [-0.1, -0.05) is 18.2 Å². The number of carbonyl (C=O) groups excluding carboxylic acids is 2. The Morgan fingerprint density at radius 3 is 2.52 bits per heavy atom. The third-order valence-corrected chi connectivity index (χ3v) is 4.96. The molecule has 1 amide bonds. The van der Waals surface area contributed by atoms with Crippen molar-refractivity contribution in [3.05, 3.63) is 65.9 Å². The highest BCUT2D eigenvalue weighted by Gasteiger charge is 2.28.